The van der Waals surface area contributed by atoms with E-state index in [9.17, 15) is 4.79 Å². The van der Waals surface area contributed by atoms with Gasteiger partial charge in [0.25, 0.3) is 0 Å². The highest BCUT2D eigenvalue weighted by molar-refractivity contribution is 8.01. The van der Waals surface area contributed by atoms with Crippen LogP contribution in [-0.4, -0.2) is 11.0 Å². The van der Waals surface area contributed by atoms with Gasteiger partial charge in [-0.15, -0.1) is 11.8 Å². The molecular formula is C16H15ClOS. The van der Waals surface area contributed by atoms with Crippen molar-refractivity contribution >= 4 is 28.6 Å². The largest absolute Gasteiger partial charge is 0.279 e. The summed E-state index contributed by atoms with van der Waals surface area (Å²) in [6.07, 6.45) is 0. The number of benzene rings is 2. The zero-order valence-electron chi connectivity index (χ0n) is 10.7. The van der Waals surface area contributed by atoms with Crippen molar-refractivity contribution in [2.45, 2.75) is 11.7 Å². The maximum atomic E-state index is 12.2. The van der Waals surface area contributed by atoms with Crippen molar-refractivity contribution < 1.29 is 4.79 Å². The molecule has 0 heterocycles. The van der Waals surface area contributed by atoms with Gasteiger partial charge in [0.1, 0.15) is 4.75 Å². The Labute approximate surface area is 123 Å². The second-order valence-electron chi connectivity index (χ2n) is 4.12. The Morgan fingerprint density at radius 1 is 1.00 bits per heavy atom. The second-order valence-corrected chi connectivity index (χ2v) is 5.94. The molecule has 0 aromatic heterocycles. The van der Waals surface area contributed by atoms with E-state index in [0.717, 1.165) is 16.9 Å². The molecule has 0 amide bonds. The van der Waals surface area contributed by atoms with Crippen molar-refractivity contribution in [1.82, 2.24) is 0 Å². The summed E-state index contributed by atoms with van der Waals surface area (Å²) in [6.45, 7) is 2.03. The number of thioether (sulfide) groups is 1. The molecule has 2 aromatic carbocycles. The van der Waals surface area contributed by atoms with Gasteiger partial charge in [-0.2, -0.15) is 0 Å². The van der Waals surface area contributed by atoms with Crippen molar-refractivity contribution in [3.63, 3.8) is 0 Å². The maximum absolute atomic E-state index is 12.2. The highest BCUT2D eigenvalue weighted by Gasteiger charge is 2.40. The van der Waals surface area contributed by atoms with Gasteiger partial charge in [-0.05, 0) is 28.5 Å². The van der Waals surface area contributed by atoms with Crippen LogP contribution < -0.4 is 0 Å². The average molecular weight is 291 g/mol. The molecule has 0 radical (unpaired) electrons. The molecular weight excluding hydrogens is 276 g/mol. The van der Waals surface area contributed by atoms with Gasteiger partial charge in [-0.3, -0.25) is 4.79 Å². The van der Waals surface area contributed by atoms with E-state index in [0.29, 0.717) is 0 Å². The van der Waals surface area contributed by atoms with Crippen LogP contribution in [0.1, 0.15) is 18.1 Å². The lowest BCUT2D eigenvalue weighted by Gasteiger charge is -2.30. The van der Waals surface area contributed by atoms with E-state index in [1.165, 1.54) is 0 Å². The first-order chi connectivity index (χ1) is 9.21. The van der Waals surface area contributed by atoms with Crippen LogP contribution in [0, 0.1) is 0 Å². The third kappa shape index (κ3) is 2.70. The van der Waals surface area contributed by atoms with Crippen LogP contribution in [0.5, 0.6) is 0 Å². The van der Waals surface area contributed by atoms with Crippen LogP contribution in [-0.2, 0) is 9.54 Å². The van der Waals surface area contributed by atoms with Gasteiger partial charge >= 0.3 is 0 Å². The summed E-state index contributed by atoms with van der Waals surface area (Å²) >= 11 is 7.55. The minimum atomic E-state index is -0.821. The van der Waals surface area contributed by atoms with Crippen LogP contribution >= 0.6 is 23.4 Å². The fourth-order valence-electron chi connectivity index (χ4n) is 2.18. The number of hydrogen-bond acceptors (Lipinski definition) is 2. The normalized spacial score (nSPS) is 11.3. The number of carbonyl (C=O) groups excluding carboxylic acids is 1. The van der Waals surface area contributed by atoms with Crippen LogP contribution in [0.4, 0.5) is 0 Å². The summed E-state index contributed by atoms with van der Waals surface area (Å²) in [6, 6.07) is 19.4. The van der Waals surface area contributed by atoms with Gasteiger partial charge in [0, 0.05) is 0 Å². The van der Waals surface area contributed by atoms with Crippen LogP contribution in [0.25, 0.3) is 0 Å². The summed E-state index contributed by atoms with van der Waals surface area (Å²) in [4.78, 5) is 12.2. The molecule has 0 aliphatic carbocycles. The predicted molar refractivity (Wildman–Crippen MR) is 82.7 cm³/mol. The number of carbonyl (C=O) groups is 1. The van der Waals surface area contributed by atoms with Crippen LogP contribution in [0.15, 0.2) is 60.7 Å². The third-order valence-electron chi connectivity index (χ3n) is 3.00. The Kier molecular flexibility index (Phi) is 4.67. The quantitative estimate of drug-likeness (QED) is 0.757. The molecule has 98 valence electrons. The fraction of sp³-hybridized carbons (Fsp3) is 0.188. The summed E-state index contributed by atoms with van der Waals surface area (Å²) in [5.74, 6) is 0.808. The van der Waals surface area contributed by atoms with Gasteiger partial charge in [0.2, 0.25) is 5.24 Å². The van der Waals surface area contributed by atoms with E-state index in [1.54, 1.807) is 11.8 Å². The Morgan fingerprint density at radius 2 is 1.42 bits per heavy atom. The average Bonchev–Trinajstić information content (AvgIpc) is 2.46. The van der Waals surface area contributed by atoms with Gasteiger partial charge in [-0.25, -0.2) is 0 Å². The number of rotatable bonds is 5. The molecule has 19 heavy (non-hydrogen) atoms. The predicted octanol–water partition coefficient (Wildman–Crippen LogP) is 4.45. The first kappa shape index (κ1) is 14.2. The highest BCUT2D eigenvalue weighted by atomic mass is 35.5. The first-order valence-corrected chi connectivity index (χ1v) is 7.53. The van der Waals surface area contributed by atoms with Crippen molar-refractivity contribution in [2.24, 2.45) is 0 Å². The molecule has 3 heteroatoms. The standard InChI is InChI=1S/C16H15ClOS/c1-2-19-16(15(17)18,13-9-5-3-6-10-13)14-11-7-4-8-12-14/h3-12H,2H2,1H3. The minimum absolute atomic E-state index is 0.350. The van der Waals surface area contributed by atoms with Gasteiger partial charge in [-0.1, -0.05) is 67.6 Å². The van der Waals surface area contributed by atoms with Gasteiger partial charge < -0.3 is 0 Å². The van der Waals surface area contributed by atoms with E-state index in [-0.39, 0.29) is 5.24 Å². The lowest BCUT2D eigenvalue weighted by Crippen LogP contribution is -2.31. The molecule has 0 spiro atoms. The minimum Gasteiger partial charge on any atom is -0.279 e. The topological polar surface area (TPSA) is 17.1 Å². The fourth-order valence-corrected chi connectivity index (χ4v) is 3.71. The van der Waals surface area contributed by atoms with E-state index >= 15 is 0 Å². The Balaban J connectivity index is 2.65. The molecule has 0 saturated carbocycles. The summed E-state index contributed by atoms with van der Waals surface area (Å²) in [7, 11) is 0. The SMILES string of the molecule is CCSC(C(=O)Cl)(c1ccccc1)c1ccccc1. The third-order valence-corrected chi connectivity index (χ3v) is 4.77. The lowest BCUT2D eigenvalue weighted by molar-refractivity contribution is -0.113. The number of hydrogen-bond donors (Lipinski definition) is 0. The molecule has 0 atom stereocenters. The molecule has 2 rings (SSSR count). The molecule has 1 nitrogen and oxygen atoms in total. The molecule has 0 bridgehead atoms. The monoisotopic (exact) mass is 290 g/mol. The Bertz CT molecular complexity index is 500. The van der Waals surface area contributed by atoms with Gasteiger partial charge in [0.05, 0.1) is 0 Å². The zero-order valence-corrected chi connectivity index (χ0v) is 12.2. The molecule has 0 unspecified atom stereocenters. The Morgan fingerprint density at radius 3 is 1.74 bits per heavy atom. The van der Waals surface area contributed by atoms with E-state index in [4.69, 9.17) is 11.6 Å². The van der Waals surface area contributed by atoms with Crippen molar-refractivity contribution in [1.29, 1.82) is 0 Å². The smallest absolute Gasteiger partial charge is 0.246 e. The molecule has 0 aliphatic heterocycles. The number of halogens is 1. The summed E-state index contributed by atoms with van der Waals surface area (Å²) in [5.41, 5.74) is 1.85. The molecule has 0 fully saturated rings. The molecule has 0 N–H and O–H groups in total. The lowest BCUT2D eigenvalue weighted by atomic mass is 9.91. The van der Waals surface area contributed by atoms with Crippen LogP contribution in [0.2, 0.25) is 0 Å². The molecule has 2 aromatic rings. The second kappa shape index (κ2) is 6.27. The zero-order chi connectivity index (χ0) is 13.7. The highest BCUT2D eigenvalue weighted by Crippen LogP contribution is 2.44. The molecule has 0 aliphatic rings. The van der Waals surface area contributed by atoms with E-state index < -0.39 is 4.75 Å². The first-order valence-electron chi connectivity index (χ1n) is 6.16. The van der Waals surface area contributed by atoms with Crippen molar-refractivity contribution in [3.8, 4) is 0 Å². The van der Waals surface area contributed by atoms with E-state index in [2.05, 4.69) is 0 Å². The maximum Gasteiger partial charge on any atom is 0.246 e. The van der Waals surface area contributed by atoms with Crippen molar-refractivity contribution in [3.05, 3.63) is 71.8 Å². The molecule has 0 saturated heterocycles. The van der Waals surface area contributed by atoms with Crippen LogP contribution in [0.3, 0.4) is 0 Å². The van der Waals surface area contributed by atoms with Crippen molar-refractivity contribution in [2.75, 3.05) is 5.75 Å². The summed E-state index contributed by atoms with van der Waals surface area (Å²) < 4.78 is -0.821. The van der Waals surface area contributed by atoms with Gasteiger partial charge in [0.15, 0.2) is 0 Å². The summed E-state index contributed by atoms with van der Waals surface area (Å²) in [5, 5.41) is -0.350. The van der Waals surface area contributed by atoms with E-state index in [1.807, 2.05) is 67.6 Å². The Hall–Kier alpha value is -1.25.